The van der Waals surface area contributed by atoms with Gasteiger partial charge in [-0.1, -0.05) is 0 Å². The number of hydrogen-bond acceptors (Lipinski definition) is 5. The maximum atomic E-state index is 14.5. The van der Waals surface area contributed by atoms with E-state index in [9.17, 15) is 9.18 Å². The van der Waals surface area contributed by atoms with Gasteiger partial charge in [0, 0.05) is 23.7 Å². The van der Waals surface area contributed by atoms with E-state index in [0.717, 1.165) is 15.3 Å². The van der Waals surface area contributed by atoms with E-state index in [-0.39, 0.29) is 23.5 Å². The van der Waals surface area contributed by atoms with Crippen LogP contribution in [-0.4, -0.2) is 23.1 Å². The first-order chi connectivity index (χ1) is 12.7. The molecule has 7 heteroatoms. The molecule has 2 heterocycles. The Hall–Kier alpha value is -2.41. The number of hydrogen-bond donors (Lipinski definition) is 2. The van der Waals surface area contributed by atoms with Gasteiger partial charge in [0.1, 0.15) is 16.5 Å². The normalized spacial score (nSPS) is 12.6. The zero-order valence-corrected chi connectivity index (χ0v) is 17.3. The summed E-state index contributed by atoms with van der Waals surface area (Å²) in [6.45, 7) is 9.84. The number of anilines is 2. The van der Waals surface area contributed by atoms with E-state index < -0.39 is 0 Å². The molecule has 3 rings (SSSR count). The third-order valence-corrected chi connectivity index (χ3v) is 6.05. The molecule has 0 aliphatic rings. The molecule has 27 heavy (non-hydrogen) atoms. The lowest BCUT2D eigenvalue weighted by Gasteiger charge is -2.25. The fourth-order valence-electron chi connectivity index (χ4n) is 2.96. The van der Waals surface area contributed by atoms with Crippen molar-refractivity contribution in [1.82, 2.24) is 9.97 Å². The van der Waals surface area contributed by atoms with Crippen molar-refractivity contribution < 1.29 is 4.39 Å². The summed E-state index contributed by atoms with van der Waals surface area (Å²) in [5.74, 6) is 0.252. The van der Waals surface area contributed by atoms with Gasteiger partial charge in [0.15, 0.2) is 0 Å². The summed E-state index contributed by atoms with van der Waals surface area (Å²) in [5.41, 5.74) is 2.04. The minimum absolute atomic E-state index is 0.134. The van der Waals surface area contributed by atoms with Gasteiger partial charge in [0.05, 0.1) is 17.1 Å². The fraction of sp³-hybridized carbons (Fsp3) is 0.400. The van der Waals surface area contributed by atoms with Gasteiger partial charge < -0.3 is 15.2 Å². The van der Waals surface area contributed by atoms with Crippen LogP contribution in [-0.2, 0) is 0 Å². The molecule has 144 valence electrons. The van der Waals surface area contributed by atoms with Gasteiger partial charge in [-0.2, -0.15) is 0 Å². The van der Waals surface area contributed by atoms with Crippen LogP contribution in [0.1, 0.15) is 43.1 Å². The Labute approximate surface area is 162 Å². The van der Waals surface area contributed by atoms with Gasteiger partial charge in [-0.05, 0) is 58.4 Å². The molecule has 0 saturated heterocycles. The number of halogens is 1. The molecule has 0 aliphatic heterocycles. The standard InChI is InChI=1S/C20H25FN4OS/c1-10(2)25(6)16-8-7-14(9-15(16)21)22-12(4)18-23-19(26)17-11(3)13(5)27-20(17)24-18/h7-10,12,22H,1-6H3,(H,23,24,26). The van der Waals surface area contributed by atoms with Crippen molar-refractivity contribution in [3.8, 4) is 0 Å². The topological polar surface area (TPSA) is 61.0 Å². The molecule has 3 aromatic rings. The monoisotopic (exact) mass is 388 g/mol. The van der Waals surface area contributed by atoms with Crippen molar-refractivity contribution >= 4 is 32.9 Å². The summed E-state index contributed by atoms with van der Waals surface area (Å²) >= 11 is 1.52. The number of benzene rings is 1. The summed E-state index contributed by atoms with van der Waals surface area (Å²) in [5, 5.41) is 3.87. The van der Waals surface area contributed by atoms with Crippen molar-refractivity contribution in [2.45, 2.75) is 46.7 Å². The smallest absolute Gasteiger partial charge is 0.259 e. The highest BCUT2D eigenvalue weighted by atomic mass is 32.1. The van der Waals surface area contributed by atoms with Gasteiger partial charge in [-0.25, -0.2) is 9.37 Å². The minimum atomic E-state index is -0.287. The molecule has 1 aromatic carbocycles. The van der Waals surface area contributed by atoms with Crippen LogP contribution < -0.4 is 15.8 Å². The molecule has 2 aromatic heterocycles. The second-order valence-corrected chi connectivity index (χ2v) is 8.35. The highest BCUT2D eigenvalue weighted by molar-refractivity contribution is 7.18. The van der Waals surface area contributed by atoms with Gasteiger partial charge in [-0.3, -0.25) is 4.79 Å². The Morgan fingerprint density at radius 3 is 2.59 bits per heavy atom. The predicted octanol–water partition coefficient (Wildman–Crippen LogP) is 4.76. The first-order valence-electron chi connectivity index (χ1n) is 8.98. The second kappa shape index (κ2) is 7.31. The van der Waals surface area contributed by atoms with Gasteiger partial charge >= 0.3 is 0 Å². The van der Waals surface area contributed by atoms with Crippen LogP contribution in [0.15, 0.2) is 23.0 Å². The Morgan fingerprint density at radius 2 is 1.96 bits per heavy atom. The van der Waals surface area contributed by atoms with Gasteiger partial charge in [0.2, 0.25) is 0 Å². The Balaban J connectivity index is 1.87. The molecule has 0 saturated carbocycles. The minimum Gasteiger partial charge on any atom is -0.375 e. The number of nitrogens with one attached hydrogen (secondary N) is 2. The number of fused-ring (bicyclic) bond motifs is 1. The first-order valence-corrected chi connectivity index (χ1v) is 9.79. The maximum absolute atomic E-state index is 14.5. The molecule has 0 aliphatic carbocycles. The van der Waals surface area contributed by atoms with E-state index in [1.54, 1.807) is 6.07 Å². The first kappa shape index (κ1) is 19.4. The van der Waals surface area contributed by atoms with E-state index in [0.29, 0.717) is 22.6 Å². The van der Waals surface area contributed by atoms with Gasteiger partial charge in [-0.15, -0.1) is 11.3 Å². The van der Waals surface area contributed by atoms with Crippen LogP contribution in [0, 0.1) is 19.7 Å². The number of aromatic nitrogens is 2. The molecule has 2 N–H and O–H groups in total. The number of rotatable bonds is 5. The number of nitrogens with zero attached hydrogens (tertiary/aromatic N) is 2. The zero-order chi connectivity index (χ0) is 19.9. The van der Waals surface area contributed by atoms with Crippen molar-refractivity contribution in [2.75, 3.05) is 17.3 Å². The lowest BCUT2D eigenvalue weighted by atomic mass is 10.2. The Bertz CT molecular complexity index is 1040. The van der Waals surface area contributed by atoms with E-state index in [2.05, 4.69) is 15.3 Å². The quantitative estimate of drug-likeness (QED) is 0.662. The Morgan fingerprint density at radius 1 is 1.26 bits per heavy atom. The zero-order valence-electron chi connectivity index (χ0n) is 16.5. The molecule has 1 atom stereocenters. The molecule has 1 unspecified atom stereocenters. The molecule has 5 nitrogen and oxygen atoms in total. The van der Waals surface area contributed by atoms with E-state index in [4.69, 9.17) is 0 Å². The highest BCUT2D eigenvalue weighted by Crippen LogP contribution is 2.28. The lowest BCUT2D eigenvalue weighted by Crippen LogP contribution is -2.26. The molecule has 0 radical (unpaired) electrons. The average Bonchev–Trinajstić information content (AvgIpc) is 2.89. The average molecular weight is 389 g/mol. The second-order valence-electron chi connectivity index (χ2n) is 7.15. The van der Waals surface area contributed by atoms with Crippen LogP contribution in [0.3, 0.4) is 0 Å². The van der Waals surface area contributed by atoms with Crippen molar-refractivity contribution in [2.24, 2.45) is 0 Å². The van der Waals surface area contributed by atoms with E-state index >= 15 is 0 Å². The van der Waals surface area contributed by atoms with Gasteiger partial charge in [0.25, 0.3) is 5.56 Å². The lowest BCUT2D eigenvalue weighted by molar-refractivity contribution is 0.613. The SMILES string of the molecule is Cc1sc2nc(C(C)Nc3ccc(N(C)C(C)C)c(F)c3)[nH]c(=O)c2c1C. The van der Waals surface area contributed by atoms with Crippen LogP contribution in [0.2, 0.25) is 0 Å². The molecule has 0 bridgehead atoms. The van der Waals surface area contributed by atoms with Crippen LogP contribution in [0.4, 0.5) is 15.8 Å². The van der Waals surface area contributed by atoms with Crippen molar-refractivity contribution in [3.05, 3.63) is 50.6 Å². The third kappa shape index (κ3) is 3.69. The number of thiophene rings is 1. The van der Waals surface area contributed by atoms with Crippen LogP contribution in [0.5, 0.6) is 0 Å². The van der Waals surface area contributed by atoms with Crippen LogP contribution in [0.25, 0.3) is 10.2 Å². The molecule has 0 spiro atoms. The van der Waals surface area contributed by atoms with E-state index in [1.165, 1.54) is 17.4 Å². The summed E-state index contributed by atoms with van der Waals surface area (Å²) in [6.07, 6.45) is 0. The molecular formula is C20H25FN4OS. The largest absolute Gasteiger partial charge is 0.375 e. The number of H-pyrrole nitrogens is 1. The summed E-state index contributed by atoms with van der Waals surface area (Å²) in [7, 11) is 1.87. The van der Waals surface area contributed by atoms with E-state index in [1.807, 2.05) is 52.6 Å². The molecule has 0 amide bonds. The van der Waals surface area contributed by atoms with Crippen LogP contribution >= 0.6 is 11.3 Å². The number of aryl methyl sites for hydroxylation is 2. The third-order valence-electron chi connectivity index (χ3n) is 4.95. The predicted molar refractivity (Wildman–Crippen MR) is 112 cm³/mol. The fourth-order valence-corrected chi connectivity index (χ4v) is 3.99. The maximum Gasteiger partial charge on any atom is 0.259 e. The number of aromatic amines is 1. The molecule has 0 fully saturated rings. The Kier molecular flexibility index (Phi) is 5.24. The van der Waals surface area contributed by atoms with Crippen molar-refractivity contribution in [3.63, 3.8) is 0 Å². The van der Waals surface area contributed by atoms with Crippen molar-refractivity contribution in [1.29, 1.82) is 0 Å². The highest BCUT2D eigenvalue weighted by Gasteiger charge is 2.16. The summed E-state index contributed by atoms with van der Waals surface area (Å²) < 4.78 is 14.5. The summed E-state index contributed by atoms with van der Waals surface area (Å²) in [4.78, 5) is 23.6. The summed E-state index contributed by atoms with van der Waals surface area (Å²) in [6, 6.07) is 5.01. The molecular weight excluding hydrogens is 363 g/mol.